The molecule has 0 N–H and O–H groups in total. The zero-order chi connectivity index (χ0) is 17.1. The summed E-state index contributed by atoms with van der Waals surface area (Å²) < 4.78 is 5.20. The lowest BCUT2D eigenvalue weighted by atomic mass is 9.82. The summed E-state index contributed by atoms with van der Waals surface area (Å²) in [5.41, 5.74) is 0.793. The molecule has 5 heteroatoms. The van der Waals surface area contributed by atoms with Gasteiger partial charge in [-0.15, -0.1) is 0 Å². The van der Waals surface area contributed by atoms with Crippen molar-refractivity contribution < 1.29 is 19.1 Å². The van der Waals surface area contributed by atoms with Crippen LogP contribution in [0.2, 0.25) is 0 Å². The second-order valence-corrected chi connectivity index (χ2v) is 5.38. The first-order valence-electron chi connectivity index (χ1n) is 7.73. The lowest BCUT2D eigenvalue weighted by Crippen LogP contribution is -2.38. The molecule has 1 unspecified atom stereocenters. The lowest BCUT2D eigenvalue weighted by molar-refractivity contribution is -0.133. The number of hydrogen-bond acceptors (Lipinski definition) is 4. The third kappa shape index (κ3) is 2.79. The number of ketones is 2. The van der Waals surface area contributed by atoms with Crippen molar-refractivity contribution in [3.63, 3.8) is 0 Å². The van der Waals surface area contributed by atoms with Gasteiger partial charge in [0.2, 0.25) is 11.7 Å². The molecular weight excluding hydrogens is 294 g/mol. The number of carbonyl (C=O) groups excluding carboxylic acids is 3. The van der Waals surface area contributed by atoms with E-state index in [4.69, 9.17) is 4.74 Å². The minimum absolute atomic E-state index is 0.0262. The van der Waals surface area contributed by atoms with Gasteiger partial charge in [-0.1, -0.05) is 24.3 Å². The highest BCUT2D eigenvalue weighted by Gasteiger charge is 2.38. The first-order valence-corrected chi connectivity index (χ1v) is 7.73. The maximum absolute atomic E-state index is 12.8. The molecule has 0 heterocycles. The van der Waals surface area contributed by atoms with Crippen LogP contribution in [0.25, 0.3) is 0 Å². The largest absolute Gasteiger partial charge is 0.492 e. The monoisotopic (exact) mass is 315 g/mol. The lowest BCUT2D eigenvalue weighted by Gasteiger charge is -2.27. The van der Waals surface area contributed by atoms with Gasteiger partial charge in [0, 0.05) is 24.2 Å². The average molecular weight is 315 g/mol. The minimum Gasteiger partial charge on any atom is -0.492 e. The Labute approximate surface area is 135 Å². The van der Waals surface area contributed by atoms with Gasteiger partial charge in [0.1, 0.15) is 0 Å². The van der Waals surface area contributed by atoms with Crippen LogP contribution in [0.5, 0.6) is 0 Å². The van der Waals surface area contributed by atoms with E-state index in [9.17, 15) is 14.4 Å². The van der Waals surface area contributed by atoms with Crippen LogP contribution in [0.4, 0.5) is 0 Å². The molecule has 23 heavy (non-hydrogen) atoms. The van der Waals surface area contributed by atoms with Crippen molar-refractivity contribution in [2.75, 3.05) is 20.2 Å². The van der Waals surface area contributed by atoms with Gasteiger partial charge in [-0.25, -0.2) is 0 Å². The molecule has 0 radical (unpaired) electrons. The molecule has 5 nitrogen and oxygen atoms in total. The molecule has 1 aromatic carbocycles. The van der Waals surface area contributed by atoms with E-state index in [1.807, 2.05) is 13.8 Å². The molecule has 0 fully saturated rings. The number of rotatable bonds is 5. The number of hydrogen-bond donors (Lipinski definition) is 0. The smallest absolute Gasteiger partial charge is 0.230 e. The third-order valence-corrected chi connectivity index (χ3v) is 4.19. The van der Waals surface area contributed by atoms with Crippen molar-refractivity contribution in [1.82, 2.24) is 4.90 Å². The highest BCUT2D eigenvalue weighted by atomic mass is 16.5. The van der Waals surface area contributed by atoms with Crippen molar-refractivity contribution in [3.8, 4) is 0 Å². The van der Waals surface area contributed by atoms with E-state index in [1.165, 1.54) is 7.11 Å². The fourth-order valence-corrected chi connectivity index (χ4v) is 2.90. The molecule has 1 amide bonds. The van der Waals surface area contributed by atoms with Crippen molar-refractivity contribution >= 4 is 17.5 Å². The van der Waals surface area contributed by atoms with Crippen molar-refractivity contribution in [2.24, 2.45) is 5.92 Å². The molecule has 0 saturated heterocycles. The van der Waals surface area contributed by atoms with E-state index >= 15 is 0 Å². The third-order valence-electron chi connectivity index (χ3n) is 4.19. The minimum atomic E-state index is -0.727. The van der Waals surface area contributed by atoms with Crippen molar-refractivity contribution in [3.05, 3.63) is 46.7 Å². The number of nitrogens with zero attached hydrogens (tertiary/aromatic N) is 1. The number of methoxy groups -OCH3 is 1. The number of amides is 1. The number of allylic oxidation sites excluding steroid dienone is 1. The van der Waals surface area contributed by atoms with Gasteiger partial charge in [-0.05, 0) is 20.8 Å². The van der Waals surface area contributed by atoms with E-state index in [0.29, 0.717) is 24.2 Å². The van der Waals surface area contributed by atoms with Gasteiger partial charge >= 0.3 is 0 Å². The zero-order valence-electron chi connectivity index (χ0n) is 13.9. The molecule has 1 atom stereocenters. The number of ether oxygens (including phenoxy) is 1. The van der Waals surface area contributed by atoms with Gasteiger partial charge in [0.25, 0.3) is 0 Å². The van der Waals surface area contributed by atoms with Gasteiger partial charge < -0.3 is 9.64 Å². The van der Waals surface area contributed by atoms with Gasteiger partial charge in [-0.2, -0.15) is 0 Å². The van der Waals surface area contributed by atoms with Crippen LogP contribution < -0.4 is 0 Å². The van der Waals surface area contributed by atoms with Gasteiger partial charge in [0.05, 0.1) is 18.6 Å². The van der Waals surface area contributed by atoms with Crippen LogP contribution in [0, 0.1) is 5.92 Å². The Morgan fingerprint density at radius 3 is 2.09 bits per heavy atom. The number of carbonyl (C=O) groups is 3. The predicted octanol–water partition coefficient (Wildman–Crippen LogP) is 2.47. The van der Waals surface area contributed by atoms with Crippen molar-refractivity contribution in [1.29, 1.82) is 0 Å². The summed E-state index contributed by atoms with van der Waals surface area (Å²) in [6, 6.07) is 6.61. The van der Waals surface area contributed by atoms with E-state index in [-0.39, 0.29) is 28.8 Å². The molecule has 1 aliphatic carbocycles. The normalized spacial score (nSPS) is 15.3. The van der Waals surface area contributed by atoms with Crippen LogP contribution >= 0.6 is 0 Å². The summed E-state index contributed by atoms with van der Waals surface area (Å²) >= 11 is 0. The summed E-state index contributed by atoms with van der Waals surface area (Å²) in [5, 5.41) is 0. The zero-order valence-corrected chi connectivity index (χ0v) is 13.9. The molecule has 122 valence electrons. The second-order valence-electron chi connectivity index (χ2n) is 5.38. The average Bonchev–Trinajstić information content (AvgIpc) is 2.58. The highest BCUT2D eigenvalue weighted by molar-refractivity contribution is 6.27. The SMILES string of the molecule is CCN(CC)C(=O)C(C)C1=C(OC)C(=O)c2ccccc2C1=O. The second kappa shape index (κ2) is 6.77. The maximum atomic E-state index is 12.8. The molecule has 2 rings (SSSR count). The summed E-state index contributed by atoms with van der Waals surface area (Å²) in [7, 11) is 1.35. The Bertz CT molecular complexity index is 686. The molecule has 0 bridgehead atoms. The first kappa shape index (κ1) is 16.9. The van der Waals surface area contributed by atoms with E-state index in [2.05, 4.69) is 0 Å². The fraction of sp³-hybridized carbons (Fsp3) is 0.389. The van der Waals surface area contributed by atoms with Crippen LogP contribution in [-0.2, 0) is 9.53 Å². The fourth-order valence-electron chi connectivity index (χ4n) is 2.90. The molecule has 0 saturated carbocycles. The van der Waals surface area contributed by atoms with E-state index < -0.39 is 5.92 Å². The molecular formula is C18H21NO4. The van der Waals surface area contributed by atoms with Crippen LogP contribution in [0.3, 0.4) is 0 Å². The van der Waals surface area contributed by atoms with Gasteiger partial charge in [0.15, 0.2) is 11.5 Å². The quantitative estimate of drug-likeness (QED) is 0.837. The Morgan fingerprint density at radius 1 is 1.09 bits per heavy atom. The predicted molar refractivity (Wildman–Crippen MR) is 86.2 cm³/mol. The van der Waals surface area contributed by atoms with Crippen LogP contribution in [-0.4, -0.2) is 42.6 Å². The summed E-state index contributed by atoms with van der Waals surface area (Å²) in [6.07, 6.45) is 0. The van der Waals surface area contributed by atoms with E-state index in [1.54, 1.807) is 36.1 Å². The van der Waals surface area contributed by atoms with Crippen LogP contribution in [0.15, 0.2) is 35.6 Å². The van der Waals surface area contributed by atoms with Crippen LogP contribution in [0.1, 0.15) is 41.5 Å². The Hall–Kier alpha value is -2.43. The summed E-state index contributed by atoms with van der Waals surface area (Å²) in [6.45, 7) is 6.50. The first-order chi connectivity index (χ1) is 11.0. The Morgan fingerprint density at radius 2 is 1.61 bits per heavy atom. The Balaban J connectivity index is 2.53. The number of benzene rings is 1. The molecule has 0 spiro atoms. The molecule has 0 aliphatic heterocycles. The number of fused-ring (bicyclic) bond motifs is 1. The topological polar surface area (TPSA) is 63.7 Å². The molecule has 1 aliphatic rings. The number of Topliss-reactive ketones (excluding diaryl/α,β-unsaturated/α-hetero) is 2. The standard InChI is InChI=1S/C18H21NO4/c1-5-19(6-2)18(22)11(3)14-15(20)12-9-7-8-10-13(12)16(21)17(14)23-4/h7-11H,5-6H2,1-4H3. The summed E-state index contributed by atoms with van der Waals surface area (Å²) in [5.74, 6) is -1.60. The van der Waals surface area contributed by atoms with E-state index in [0.717, 1.165) is 0 Å². The van der Waals surface area contributed by atoms with Gasteiger partial charge in [-0.3, -0.25) is 14.4 Å². The molecule has 0 aromatic heterocycles. The maximum Gasteiger partial charge on any atom is 0.230 e. The molecule has 1 aromatic rings. The summed E-state index contributed by atoms with van der Waals surface area (Å²) in [4.78, 5) is 39.6. The Kier molecular flexibility index (Phi) is 4.98. The highest BCUT2D eigenvalue weighted by Crippen LogP contribution is 2.31. The van der Waals surface area contributed by atoms with Crippen molar-refractivity contribution in [2.45, 2.75) is 20.8 Å².